The van der Waals surface area contributed by atoms with Crippen LogP contribution >= 0.6 is 0 Å². The lowest BCUT2D eigenvalue weighted by Gasteiger charge is -2.15. The maximum atomic E-state index is 6.41. The van der Waals surface area contributed by atoms with Crippen molar-refractivity contribution in [1.82, 2.24) is 14.5 Å². The van der Waals surface area contributed by atoms with E-state index in [9.17, 15) is 0 Å². The lowest BCUT2D eigenvalue weighted by atomic mass is 9.99. The Morgan fingerprint density at radius 3 is 2.85 bits per heavy atom. The van der Waals surface area contributed by atoms with E-state index in [2.05, 4.69) is 22.1 Å². The van der Waals surface area contributed by atoms with Crippen LogP contribution in [0.2, 0.25) is 0 Å². The van der Waals surface area contributed by atoms with E-state index in [-0.39, 0.29) is 6.04 Å². The highest BCUT2D eigenvalue weighted by Gasteiger charge is 2.14. The van der Waals surface area contributed by atoms with Gasteiger partial charge >= 0.3 is 0 Å². The molecule has 1 unspecified atom stereocenters. The first-order valence-corrected chi connectivity index (χ1v) is 6.73. The molecule has 0 aliphatic rings. The fraction of sp³-hybridized carbons (Fsp3) is 0.250. The minimum absolute atomic E-state index is 0.0808. The van der Waals surface area contributed by atoms with Gasteiger partial charge < -0.3 is 10.3 Å². The number of nitrogens with two attached hydrogens (primary N) is 1. The predicted molar refractivity (Wildman–Crippen MR) is 80.3 cm³/mol. The molecule has 1 atom stereocenters. The van der Waals surface area contributed by atoms with E-state index in [4.69, 9.17) is 5.73 Å². The van der Waals surface area contributed by atoms with Crippen LogP contribution in [0.25, 0.3) is 10.9 Å². The number of aromatic nitrogens is 3. The second kappa shape index (κ2) is 5.06. The summed E-state index contributed by atoms with van der Waals surface area (Å²) >= 11 is 0. The van der Waals surface area contributed by atoms with Crippen LogP contribution in [0.4, 0.5) is 0 Å². The van der Waals surface area contributed by atoms with Crippen molar-refractivity contribution in [3.05, 3.63) is 59.8 Å². The second-order valence-electron chi connectivity index (χ2n) is 5.14. The van der Waals surface area contributed by atoms with Crippen LogP contribution in [-0.4, -0.2) is 14.5 Å². The lowest BCUT2D eigenvalue weighted by Crippen LogP contribution is -2.16. The Bertz CT molecular complexity index is 745. The monoisotopic (exact) mass is 266 g/mol. The minimum atomic E-state index is -0.0808. The van der Waals surface area contributed by atoms with E-state index in [1.54, 1.807) is 6.20 Å². The van der Waals surface area contributed by atoms with Crippen LogP contribution in [0.5, 0.6) is 0 Å². The molecule has 3 aromatic rings. The molecule has 0 aliphatic heterocycles. The SMILES string of the molecule is Cc1cc(C(N)Cc2nccn2C)c2ccccc2n1. The van der Waals surface area contributed by atoms with Crippen molar-refractivity contribution in [2.75, 3.05) is 0 Å². The van der Waals surface area contributed by atoms with Crippen molar-refractivity contribution in [2.24, 2.45) is 12.8 Å². The summed E-state index contributed by atoms with van der Waals surface area (Å²) in [7, 11) is 1.99. The van der Waals surface area contributed by atoms with Crippen molar-refractivity contribution in [1.29, 1.82) is 0 Å². The van der Waals surface area contributed by atoms with Gasteiger partial charge in [0.05, 0.1) is 5.52 Å². The van der Waals surface area contributed by atoms with Crippen LogP contribution < -0.4 is 5.73 Å². The first kappa shape index (κ1) is 12.8. The molecule has 0 spiro atoms. The van der Waals surface area contributed by atoms with Crippen molar-refractivity contribution in [3.63, 3.8) is 0 Å². The van der Waals surface area contributed by atoms with E-state index in [0.717, 1.165) is 34.4 Å². The number of hydrogen-bond donors (Lipinski definition) is 1. The van der Waals surface area contributed by atoms with E-state index < -0.39 is 0 Å². The molecule has 0 saturated heterocycles. The molecular formula is C16H18N4. The van der Waals surface area contributed by atoms with Gasteiger partial charge in [0.2, 0.25) is 0 Å². The van der Waals surface area contributed by atoms with Gasteiger partial charge in [-0.2, -0.15) is 0 Å². The Morgan fingerprint density at radius 1 is 1.30 bits per heavy atom. The molecule has 0 aliphatic carbocycles. The van der Waals surface area contributed by atoms with Crippen molar-refractivity contribution < 1.29 is 0 Å². The Balaban J connectivity index is 2.03. The van der Waals surface area contributed by atoms with Gasteiger partial charge in [0.15, 0.2) is 0 Å². The third kappa shape index (κ3) is 2.30. The van der Waals surface area contributed by atoms with Crippen molar-refractivity contribution >= 4 is 10.9 Å². The number of imidazole rings is 1. The molecule has 2 N–H and O–H groups in total. The summed E-state index contributed by atoms with van der Waals surface area (Å²) in [5.41, 5.74) is 9.54. The van der Waals surface area contributed by atoms with Gasteiger partial charge in [0.25, 0.3) is 0 Å². The van der Waals surface area contributed by atoms with Gasteiger partial charge in [-0.3, -0.25) is 4.98 Å². The third-order valence-corrected chi connectivity index (χ3v) is 3.60. The first-order chi connectivity index (χ1) is 9.65. The quantitative estimate of drug-likeness (QED) is 0.792. The van der Waals surface area contributed by atoms with Crippen LogP contribution in [0, 0.1) is 6.92 Å². The van der Waals surface area contributed by atoms with Crippen LogP contribution in [-0.2, 0) is 13.5 Å². The molecule has 2 heterocycles. The van der Waals surface area contributed by atoms with Crippen molar-refractivity contribution in [2.45, 2.75) is 19.4 Å². The Labute approximate surface area is 118 Å². The molecule has 0 amide bonds. The summed E-state index contributed by atoms with van der Waals surface area (Å²) in [5, 5.41) is 1.12. The number of aryl methyl sites for hydroxylation is 2. The maximum Gasteiger partial charge on any atom is 0.110 e. The van der Waals surface area contributed by atoms with E-state index in [1.807, 2.05) is 42.9 Å². The molecule has 102 valence electrons. The molecule has 1 aromatic carbocycles. The number of nitrogens with zero attached hydrogens (tertiary/aromatic N) is 3. The summed E-state index contributed by atoms with van der Waals surface area (Å²) in [4.78, 5) is 8.91. The van der Waals surface area contributed by atoms with Gasteiger partial charge in [-0.05, 0) is 24.6 Å². The molecule has 0 saturated carbocycles. The highest BCUT2D eigenvalue weighted by atomic mass is 15.0. The predicted octanol–water partition coefficient (Wildman–Crippen LogP) is 2.52. The molecule has 0 bridgehead atoms. The third-order valence-electron chi connectivity index (χ3n) is 3.60. The average Bonchev–Trinajstić information content (AvgIpc) is 2.83. The molecular weight excluding hydrogens is 248 g/mol. The number of hydrogen-bond acceptors (Lipinski definition) is 3. The zero-order valence-corrected chi connectivity index (χ0v) is 11.7. The average molecular weight is 266 g/mol. The van der Waals surface area contributed by atoms with Gasteiger partial charge in [0.1, 0.15) is 5.82 Å². The summed E-state index contributed by atoms with van der Waals surface area (Å²) in [6.07, 6.45) is 4.47. The van der Waals surface area contributed by atoms with Crippen LogP contribution in [0.1, 0.15) is 23.1 Å². The van der Waals surface area contributed by atoms with Crippen LogP contribution in [0.15, 0.2) is 42.7 Å². The highest BCUT2D eigenvalue weighted by Crippen LogP contribution is 2.24. The Hall–Kier alpha value is -2.20. The number of pyridine rings is 1. The van der Waals surface area contributed by atoms with Gasteiger partial charge in [-0.25, -0.2) is 4.98 Å². The zero-order chi connectivity index (χ0) is 14.1. The summed E-state index contributed by atoms with van der Waals surface area (Å²) in [5.74, 6) is 0.996. The topological polar surface area (TPSA) is 56.7 Å². The summed E-state index contributed by atoms with van der Waals surface area (Å²) < 4.78 is 2.01. The minimum Gasteiger partial charge on any atom is -0.338 e. The lowest BCUT2D eigenvalue weighted by molar-refractivity contribution is 0.662. The van der Waals surface area contributed by atoms with E-state index in [1.165, 1.54) is 0 Å². The largest absolute Gasteiger partial charge is 0.338 e. The van der Waals surface area contributed by atoms with Gasteiger partial charge in [-0.1, -0.05) is 18.2 Å². The first-order valence-electron chi connectivity index (χ1n) is 6.73. The van der Waals surface area contributed by atoms with Crippen molar-refractivity contribution in [3.8, 4) is 0 Å². The molecule has 20 heavy (non-hydrogen) atoms. The fourth-order valence-electron chi connectivity index (χ4n) is 2.55. The van der Waals surface area contributed by atoms with Gasteiger partial charge in [0, 0.05) is 43.0 Å². The second-order valence-corrected chi connectivity index (χ2v) is 5.14. The molecule has 0 radical (unpaired) electrons. The molecule has 4 nitrogen and oxygen atoms in total. The number of benzene rings is 1. The Morgan fingerprint density at radius 2 is 2.10 bits per heavy atom. The zero-order valence-electron chi connectivity index (χ0n) is 11.7. The van der Waals surface area contributed by atoms with E-state index in [0.29, 0.717) is 0 Å². The van der Waals surface area contributed by atoms with E-state index >= 15 is 0 Å². The molecule has 4 heteroatoms. The maximum absolute atomic E-state index is 6.41. The summed E-state index contributed by atoms with van der Waals surface area (Å²) in [6, 6.07) is 10.1. The Kier molecular flexibility index (Phi) is 3.24. The normalized spacial score (nSPS) is 12.8. The molecule has 3 rings (SSSR count). The number of para-hydroxylation sites is 1. The standard InChI is InChI=1S/C16H18N4/c1-11-9-13(12-5-3-4-6-15(12)19-11)14(17)10-16-18-7-8-20(16)2/h3-9,14H,10,17H2,1-2H3. The number of rotatable bonds is 3. The van der Waals surface area contributed by atoms with Crippen LogP contribution in [0.3, 0.4) is 0 Å². The fourth-order valence-corrected chi connectivity index (χ4v) is 2.55. The van der Waals surface area contributed by atoms with Gasteiger partial charge in [-0.15, -0.1) is 0 Å². The summed E-state index contributed by atoms with van der Waals surface area (Å²) in [6.45, 7) is 2.00. The molecule has 2 aromatic heterocycles. The molecule has 0 fully saturated rings. The number of fused-ring (bicyclic) bond motifs is 1. The smallest absolute Gasteiger partial charge is 0.110 e. The highest BCUT2D eigenvalue weighted by molar-refractivity contribution is 5.82.